The first-order chi connectivity index (χ1) is 14.5. The average Bonchev–Trinajstić information content (AvgIpc) is 2.76. The van der Waals surface area contributed by atoms with Crippen LogP contribution in [0.4, 0.5) is 9.59 Å². The van der Waals surface area contributed by atoms with Crippen LogP contribution in [0.5, 0.6) is 0 Å². The van der Waals surface area contributed by atoms with E-state index in [-0.39, 0.29) is 50.8 Å². The van der Waals surface area contributed by atoms with Gasteiger partial charge in [-0.2, -0.15) is 0 Å². The predicted molar refractivity (Wildman–Crippen MR) is 102 cm³/mol. The molecule has 1 aromatic rings. The maximum atomic E-state index is 11.9. The van der Waals surface area contributed by atoms with Crippen molar-refractivity contribution < 1.29 is 47.6 Å². The van der Waals surface area contributed by atoms with Crippen molar-refractivity contribution in [3.8, 4) is 0 Å². The summed E-state index contributed by atoms with van der Waals surface area (Å²) in [6.07, 6.45) is 0.979. The molecular formula is C20H22O10. The fourth-order valence-corrected chi connectivity index (χ4v) is 1.77. The van der Waals surface area contributed by atoms with Gasteiger partial charge >= 0.3 is 24.2 Å². The van der Waals surface area contributed by atoms with Crippen molar-refractivity contribution in [3.63, 3.8) is 0 Å². The highest BCUT2D eigenvalue weighted by Gasteiger charge is 2.12. The van der Waals surface area contributed by atoms with Crippen LogP contribution < -0.4 is 0 Å². The Bertz CT molecular complexity index is 675. The minimum absolute atomic E-state index is 0.0166. The molecule has 0 fully saturated rings. The van der Waals surface area contributed by atoms with E-state index in [0.29, 0.717) is 0 Å². The van der Waals surface area contributed by atoms with Crippen molar-refractivity contribution in [1.82, 2.24) is 0 Å². The maximum Gasteiger partial charge on any atom is 0.508 e. The van der Waals surface area contributed by atoms with Crippen LogP contribution >= 0.6 is 0 Å². The Morgan fingerprint density at radius 1 is 0.600 bits per heavy atom. The molecule has 0 unspecified atom stereocenters. The second-order valence-electron chi connectivity index (χ2n) is 5.25. The molecule has 0 saturated heterocycles. The zero-order valence-electron chi connectivity index (χ0n) is 16.2. The van der Waals surface area contributed by atoms with E-state index in [9.17, 15) is 19.2 Å². The first-order valence-electron chi connectivity index (χ1n) is 8.73. The van der Waals surface area contributed by atoms with E-state index in [4.69, 9.17) is 9.47 Å². The lowest BCUT2D eigenvalue weighted by molar-refractivity contribution is 0.0254. The van der Waals surface area contributed by atoms with Crippen molar-refractivity contribution in [3.05, 3.63) is 60.7 Å². The first kappa shape index (κ1) is 24.2. The molecule has 0 heterocycles. The number of benzene rings is 1. The van der Waals surface area contributed by atoms with Gasteiger partial charge in [-0.25, -0.2) is 19.2 Å². The zero-order chi connectivity index (χ0) is 22.2. The van der Waals surface area contributed by atoms with Crippen LogP contribution in [0.25, 0.3) is 0 Å². The fourth-order valence-electron chi connectivity index (χ4n) is 1.77. The number of carbonyl (C=O) groups excluding carboxylic acids is 4. The molecule has 0 aromatic heterocycles. The van der Waals surface area contributed by atoms with Crippen LogP contribution in [0.3, 0.4) is 0 Å². The van der Waals surface area contributed by atoms with Crippen molar-refractivity contribution in [2.75, 3.05) is 39.6 Å². The van der Waals surface area contributed by atoms with Crippen LogP contribution in [0, 0.1) is 0 Å². The third kappa shape index (κ3) is 9.93. The summed E-state index contributed by atoms with van der Waals surface area (Å²) in [5.74, 6) is -1.33. The molecule has 0 aliphatic rings. The Morgan fingerprint density at radius 2 is 0.933 bits per heavy atom. The van der Waals surface area contributed by atoms with E-state index in [1.807, 2.05) is 0 Å². The topological polar surface area (TPSA) is 124 Å². The van der Waals surface area contributed by atoms with Crippen molar-refractivity contribution >= 4 is 24.2 Å². The Kier molecular flexibility index (Phi) is 11.5. The zero-order valence-corrected chi connectivity index (χ0v) is 16.2. The Morgan fingerprint density at radius 3 is 1.27 bits per heavy atom. The quantitative estimate of drug-likeness (QED) is 0.215. The van der Waals surface area contributed by atoms with Gasteiger partial charge in [0.1, 0.15) is 39.6 Å². The third-order valence-electron chi connectivity index (χ3n) is 3.07. The number of hydrogen-bond acceptors (Lipinski definition) is 10. The SMILES string of the molecule is C=CCOC(=O)OCCOC(=O)c1ccc(C(=O)OCCOC(=O)OCC=C)cc1. The number of hydrogen-bond donors (Lipinski definition) is 0. The van der Waals surface area contributed by atoms with E-state index in [1.54, 1.807) is 0 Å². The highest BCUT2D eigenvalue weighted by molar-refractivity contribution is 5.93. The van der Waals surface area contributed by atoms with Gasteiger partial charge in [0.05, 0.1) is 11.1 Å². The molecule has 0 spiro atoms. The summed E-state index contributed by atoms with van der Waals surface area (Å²) in [4.78, 5) is 46.0. The minimum atomic E-state index is -0.895. The molecule has 1 aromatic carbocycles. The summed E-state index contributed by atoms with van der Waals surface area (Å²) in [5.41, 5.74) is 0.378. The molecular weight excluding hydrogens is 400 g/mol. The summed E-state index contributed by atoms with van der Waals surface area (Å²) < 4.78 is 28.4. The summed E-state index contributed by atoms with van der Waals surface area (Å²) in [6, 6.07) is 5.51. The second-order valence-corrected chi connectivity index (χ2v) is 5.25. The molecule has 162 valence electrons. The molecule has 10 heteroatoms. The average molecular weight is 422 g/mol. The molecule has 0 saturated carbocycles. The van der Waals surface area contributed by atoms with Crippen LogP contribution in [-0.4, -0.2) is 63.9 Å². The van der Waals surface area contributed by atoms with Crippen LogP contribution in [0.1, 0.15) is 20.7 Å². The van der Waals surface area contributed by atoms with Gasteiger partial charge in [-0.05, 0) is 24.3 Å². The van der Waals surface area contributed by atoms with E-state index in [2.05, 4.69) is 32.1 Å². The number of esters is 2. The standard InChI is InChI=1S/C20H22O10/c1-3-9-27-19(23)29-13-11-25-17(21)15-5-7-16(8-6-15)18(22)26-12-14-30-20(24)28-10-4-2/h3-8H,1-2,9-14H2. The molecule has 0 atom stereocenters. The summed E-state index contributed by atoms with van der Waals surface area (Å²) in [6.45, 7) is 6.12. The lowest BCUT2D eigenvalue weighted by Gasteiger charge is -2.08. The first-order valence-corrected chi connectivity index (χ1v) is 8.73. The molecule has 0 N–H and O–H groups in total. The van der Waals surface area contributed by atoms with Gasteiger partial charge in [-0.15, -0.1) is 0 Å². The van der Waals surface area contributed by atoms with E-state index < -0.39 is 24.2 Å². The Labute approximate surface area is 172 Å². The van der Waals surface area contributed by atoms with Gasteiger partial charge in [0.2, 0.25) is 0 Å². The van der Waals surface area contributed by atoms with Crippen LogP contribution in [0.15, 0.2) is 49.6 Å². The number of carbonyl (C=O) groups is 4. The predicted octanol–water partition coefficient (Wildman–Crippen LogP) is 2.68. The second kappa shape index (κ2) is 14.2. The van der Waals surface area contributed by atoms with E-state index >= 15 is 0 Å². The highest BCUT2D eigenvalue weighted by Crippen LogP contribution is 2.08. The molecule has 0 aliphatic heterocycles. The fraction of sp³-hybridized carbons (Fsp3) is 0.300. The van der Waals surface area contributed by atoms with Gasteiger partial charge in [0, 0.05) is 0 Å². The minimum Gasteiger partial charge on any atom is -0.458 e. The van der Waals surface area contributed by atoms with Crippen molar-refractivity contribution in [2.24, 2.45) is 0 Å². The summed E-state index contributed by atoms with van der Waals surface area (Å²) in [5, 5.41) is 0. The van der Waals surface area contributed by atoms with Crippen molar-refractivity contribution in [2.45, 2.75) is 0 Å². The van der Waals surface area contributed by atoms with Crippen molar-refractivity contribution in [1.29, 1.82) is 0 Å². The lowest BCUT2D eigenvalue weighted by atomic mass is 10.1. The normalized spacial score (nSPS) is 9.60. The number of ether oxygens (including phenoxy) is 6. The van der Waals surface area contributed by atoms with Gasteiger partial charge in [0.15, 0.2) is 0 Å². The van der Waals surface area contributed by atoms with Gasteiger partial charge in [-0.1, -0.05) is 25.3 Å². The van der Waals surface area contributed by atoms with Crippen LogP contribution in [0.2, 0.25) is 0 Å². The largest absolute Gasteiger partial charge is 0.508 e. The number of rotatable bonds is 12. The Hall–Kier alpha value is -3.82. The molecule has 1 rings (SSSR count). The smallest absolute Gasteiger partial charge is 0.458 e. The summed E-state index contributed by atoms with van der Waals surface area (Å²) >= 11 is 0. The third-order valence-corrected chi connectivity index (χ3v) is 3.07. The maximum absolute atomic E-state index is 11.9. The van der Waals surface area contributed by atoms with Gasteiger partial charge in [-0.3, -0.25) is 0 Å². The summed E-state index contributed by atoms with van der Waals surface area (Å²) in [7, 11) is 0. The van der Waals surface area contributed by atoms with E-state index in [1.165, 1.54) is 36.4 Å². The molecule has 10 nitrogen and oxygen atoms in total. The molecule has 0 aliphatic carbocycles. The Balaban J connectivity index is 2.30. The lowest BCUT2D eigenvalue weighted by Crippen LogP contribution is -2.16. The monoisotopic (exact) mass is 422 g/mol. The molecule has 0 radical (unpaired) electrons. The molecule has 30 heavy (non-hydrogen) atoms. The van der Waals surface area contributed by atoms with Gasteiger partial charge in [0.25, 0.3) is 0 Å². The van der Waals surface area contributed by atoms with Crippen LogP contribution in [-0.2, 0) is 28.4 Å². The highest BCUT2D eigenvalue weighted by atomic mass is 16.7. The van der Waals surface area contributed by atoms with Gasteiger partial charge < -0.3 is 28.4 Å². The molecule has 0 bridgehead atoms. The molecule has 0 amide bonds. The van der Waals surface area contributed by atoms with E-state index in [0.717, 1.165) is 0 Å².